The van der Waals surface area contributed by atoms with E-state index in [1.54, 1.807) is 14.2 Å². The van der Waals surface area contributed by atoms with E-state index < -0.39 is 0 Å². The molecule has 1 unspecified atom stereocenters. The van der Waals surface area contributed by atoms with E-state index in [1.807, 2.05) is 0 Å². The molecule has 6 nitrogen and oxygen atoms in total. The lowest BCUT2D eigenvalue weighted by molar-refractivity contribution is -0.0127. The van der Waals surface area contributed by atoms with Crippen LogP contribution in [-0.2, 0) is 9.47 Å². The first-order chi connectivity index (χ1) is 6.76. The molecule has 82 valence electrons. The first-order valence-corrected chi connectivity index (χ1v) is 4.56. The largest absolute Gasteiger partial charge is 0.378 e. The highest BCUT2D eigenvalue weighted by molar-refractivity contribution is 5.79. The molecule has 0 aromatic carbocycles. The number of methoxy groups -OCH3 is 1. The van der Waals surface area contributed by atoms with Crippen molar-refractivity contribution in [2.75, 3.05) is 33.9 Å². The van der Waals surface area contributed by atoms with Gasteiger partial charge >= 0.3 is 0 Å². The first kappa shape index (κ1) is 11.2. The Bertz CT molecular complexity index is 202. The lowest BCUT2D eigenvalue weighted by Crippen LogP contribution is -2.50. The van der Waals surface area contributed by atoms with Gasteiger partial charge in [-0.3, -0.25) is 10.4 Å². The summed E-state index contributed by atoms with van der Waals surface area (Å²) in [6.45, 7) is 1.99. The third kappa shape index (κ3) is 2.57. The van der Waals surface area contributed by atoms with Gasteiger partial charge in [0.05, 0.1) is 6.61 Å². The molecule has 0 saturated carbocycles. The highest BCUT2D eigenvalue weighted by Crippen LogP contribution is 2.21. The van der Waals surface area contributed by atoms with Gasteiger partial charge in [-0.05, 0) is 0 Å². The summed E-state index contributed by atoms with van der Waals surface area (Å²) in [7, 11) is 3.35. The predicted molar refractivity (Wildman–Crippen MR) is 53.9 cm³/mol. The molecule has 1 fully saturated rings. The van der Waals surface area contributed by atoms with Gasteiger partial charge in [-0.25, -0.2) is 5.84 Å². The number of guanidine groups is 1. The fraction of sp³-hybridized carbons (Fsp3) is 0.875. The van der Waals surface area contributed by atoms with Crippen LogP contribution in [0.15, 0.2) is 4.99 Å². The molecule has 0 aromatic rings. The quantitative estimate of drug-likeness (QED) is 0.232. The molecular formula is C8H18N4O2. The second kappa shape index (κ2) is 5.14. The molecule has 0 radical (unpaired) electrons. The van der Waals surface area contributed by atoms with Crippen molar-refractivity contribution < 1.29 is 9.47 Å². The maximum atomic E-state index is 5.43. The molecular weight excluding hydrogens is 184 g/mol. The van der Waals surface area contributed by atoms with Crippen LogP contribution < -0.4 is 16.6 Å². The van der Waals surface area contributed by atoms with E-state index in [0.717, 1.165) is 13.0 Å². The van der Waals surface area contributed by atoms with Crippen LogP contribution in [0.2, 0.25) is 0 Å². The molecule has 0 spiro atoms. The molecule has 0 amide bonds. The summed E-state index contributed by atoms with van der Waals surface area (Å²) in [5.74, 6) is 5.79. The van der Waals surface area contributed by atoms with E-state index in [9.17, 15) is 0 Å². The summed E-state index contributed by atoms with van der Waals surface area (Å²) in [4.78, 5) is 3.91. The zero-order valence-corrected chi connectivity index (χ0v) is 8.67. The summed E-state index contributed by atoms with van der Waals surface area (Å²) in [5, 5.41) is 3.06. The standard InChI is InChI=1S/C8H18N4O2/c1-10-7(12-9)11-5-8(13-2)3-4-14-6-8/h3-6,9H2,1-2H3,(H2,10,11,12). The molecule has 0 bridgehead atoms. The summed E-state index contributed by atoms with van der Waals surface area (Å²) in [6.07, 6.45) is 0.887. The van der Waals surface area contributed by atoms with Crippen LogP contribution in [0.5, 0.6) is 0 Å². The van der Waals surface area contributed by atoms with Gasteiger partial charge in [0, 0.05) is 33.7 Å². The number of nitrogens with one attached hydrogen (secondary N) is 2. The van der Waals surface area contributed by atoms with Crippen LogP contribution in [0.4, 0.5) is 0 Å². The minimum Gasteiger partial charge on any atom is -0.378 e. The fourth-order valence-electron chi connectivity index (χ4n) is 1.40. The van der Waals surface area contributed by atoms with Crippen LogP contribution >= 0.6 is 0 Å². The van der Waals surface area contributed by atoms with Crippen molar-refractivity contribution in [3.05, 3.63) is 0 Å². The Morgan fingerprint density at radius 2 is 2.50 bits per heavy atom. The van der Waals surface area contributed by atoms with E-state index in [1.165, 1.54) is 0 Å². The molecule has 14 heavy (non-hydrogen) atoms. The highest BCUT2D eigenvalue weighted by atomic mass is 16.5. The minimum atomic E-state index is -0.243. The molecule has 4 N–H and O–H groups in total. The van der Waals surface area contributed by atoms with Crippen molar-refractivity contribution >= 4 is 5.96 Å². The molecule has 1 aliphatic rings. The number of hydrogen-bond donors (Lipinski definition) is 3. The van der Waals surface area contributed by atoms with Crippen LogP contribution in [0, 0.1) is 0 Å². The Balaban J connectivity index is 2.41. The highest BCUT2D eigenvalue weighted by Gasteiger charge is 2.34. The van der Waals surface area contributed by atoms with Gasteiger partial charge in [-0.15, -0.1) is 0 Å². The average Bonchev–Trinajstić information content (AvgIpc) is 2.69. The van der Waals surface area contributed by atoms with Gasteiger partial charge in [0.15, 0.2) is 0 Å². The maximum Gasteiger partial charge on any atom is 0.205 e. The number of rotatable bonds is 3. The third-order valence-corrected chi connectivity index (χ3v) is 2.44. The summed E-state index contributed by atoms with van der Waals surface area (Å²) < 4.78 is 10.7. The van der Waals surface area contributed by atoms with Crippen molar-refractivity contribution in [1.82, 2.24) is 10.7 Å². The predicted octanol–water partition coefficient (Wildman–Crippen LogP) is -1.17. The smallest absolute Gasteiger partial charge is 0.205 e. The van der Waals surface area contributed by atoms with E-state index in [0.29, 0.717) is 19.1 Å². The van der Waals surface area contributed by atoms with Crippen LogP contribution in [0.25, 0.3) is 0 Å². The van der Waals surface area contributed by atoms with E-state index >= 15 is 0 Å². The summed E-state index contributed by atoms with van der Waals surface area (Å²) in [5.41, 5.74) is 2.22. The Labute approximate surface area is 83.8 Å². The third-order valence-electron chi connectivity index (χ3n) is 2.44. The second-order valence-electron chi connectivity index (χ2n) is 3.26. The van der Waals surface area contributed by atoms with Crippen molar-refractivity contribution in [2.24, 2.45) is 10.8 Å². The van der Waals surface area contributed by atoms with Crippen molar-refractivity contribution in [2.45, 2.75) is 12.0 Å². The monoisotopic (exact) mass is 202 g/mol. The molecule has 1 atom stereocenters. The Hall–Kier alpha value is -0.850. The maximum absolute atomic E-state index is 5.43. The molecule has 1 heterocycles. The Kier molecular flexibility index (Phi) is 4.12. The van der Waals surface area contributed by atoms with Crippen LogP contribution in [-0.4, -0.2) is 45.5 Å². The lowest BCUT2D eigenvalue weighted by Gasteiger charge is -2.26. The van der Waals surface area contributed by atoms with Gasteiger partial charge < -0.3 is 14.8 Å². The molecule has 0 aliphatic carbocycles. The molecule has 1 rings (SSSR count). The first-order valence-electron chi connectivity index (χ1n) is 4.56. The van der Waals surface area contributed by atoms with Crippen molar-refractivity contribution in [3.63, 3.8) is 0 Å². The van der Waals surface area contributed by atoms with Crippen molar-refractivity contribution in [3.8, 4) is 0 Å². The van der Waals surface area contributed by atoms with Crippen LogP contribution in [0.3, 0.4) is 0 Å². The van der Waals surface area contributed by atoms with Gasteiger partial charge in [0.25, 0.3) is 0 Å². The fourth-order valence-corrected chi connectivity index (χ4v) is 1.40. The van der Waals surface area contributed by atoms with Gasteiger partial charge in [-0.1, -0.05) is 0 Å². The molecule has 1 saturated heterocycles. The van der Waals surface area contributed by atoms with Crippen LogP contribution in [0.1, 0.15) is 6.42 Å². The molecule has 1 aliphatic heterocycles. The number of nitrogens with two attached hydrogens (primary N) is 1. The normalized spacial score (nSPS) is 27.8. The minimum absolute atomic E-state index is 0.243. The SMILES string of the molecule is CN=C(NN)NCC1(OC)CCOC1. The van der Waals surface area contributed by atoms with Gasteiger partial charge in [0.1, 0.15) is 5.60 Å². The van der Waals surface area contributed by atoms with Gasteiger partial charge in [-0.2, -0.15) is 0 Å². The zero-order valence-electron chi connectivity index (χ0n) is 8.67. The number of ether oxygens (including phenoxy) is 2. The number of hydrazine groups is 1. The number of aliphatic imine (C=N–C) groups is 1. The Morgan fingerprint density at radius 1 is 1.71 bits per heavy atom. The van der Waals surface area contributed by atoms with Crippen molar-refractivity contribution in [1.29, 1.82) is 0 Å². The number of hydrogen-bond acceptors (Lipinski definition) is 4. The average molecular weight is 202 g/mol. The number of nitrogens with zero attached hydrogens (tertiary/aromatic N) is 1. The topological polar surface area (TPSA) is 80.9 Å². The van der Waals surface area contributed by atoms with Gasteiger partial charge in [0.2, 0.25) is 5.96 Å². The summed E-state index contributed by atoms with van der Waals surface area (Å²) >= 11 is 0. The van der Waals surface area contributed by atoms with E-state index in [4.69, 9.17) is 15.3 Å². The second-order valence-corrected chi connectivity index (χ2v) is 3.26. The van der Waals surface area contributed by atoms with E-state index in [-0.39, 0.29) is 5.60 Å². The Morgan fingerprint density at radius 3 is 2.93 bits per heavy atom. The summed E-state index contributed by atoms with van der Waals surface area (Å²) in [6, 6.07) is 0. The lowest BCUT2D eigenvalue weighted by atomic mass is 10.0. The molecule has 0 aromatic heterocycles. The zero-order chi connectivity index (χ0) is 10.4. The molecule has 6 heteroatoms. The van der Waals surface area contributed by atoms with E-state index in [2.05, 4.69) is 15.7 Å².